The summed E-state index contributed by atoms with van der Waals surface area (Å²) in [6.45, 7) is 8.90. The maximum Gasteiger partial charge on any atom is 0.326 e. The summed E-state index contributed by atoms with van der Waals surface area (Å²) in [5.74, 6) is -9.35. The Balaban J connectivity index is 1.95. The quantitative estimate of drug-likeness (QED) is 0.128. The van der Waals surface area contributed by atoms with E-state index in [1.54, 1.807) is 43.7 Å². The van der Waals surface area contributed by atoms with E-state index < -0.39 is 93.6 Å². The van der Waals surface area contributed by atoms with E-state index in [1.807, 2.05) is 13.8 Å². The summed E-state index contributed by atoms with van der Waals surface area (Å²) in [4.78, 5) is 104. The Hall–Kier alpha value is -5.10. The van der Waals surface area contributed by atoms with Crippen molar-refractivity contribution in [2.75, 3.05) is 0 Å². The average molecular weight is 827 g/mol. The zero-order valence-electron chi connectivity index (χ0n) is 33.9. The summed E-state index contributed by atoms with van der Waals surface area (Å²) in [7, 11) is -4.46. The number of nitrogens with zero attached hydrogens (tertiary/aromatic N) is 3. The molecule has 17 nitrogen and oxygen atoms in total. The lowest BCUT2D eigenvalue weighted by Gasteiger charge is -2.32. The molecule has 1 unspecified atom stereocenters. The SMILES string of the molecule is CCC(N)CC(=O)N(C(=O)C(=O)NS(=O)(=O)Cc1ccccc1)C(=O)[C@H](CC1CCCCC1)NC(=O)[C@@H](NC(=O)[C@H](CC(C)C)NC(=O)c1cnccn1)[C@@H](C)CC. The van der Waals surface area contributed by atoms with Gasteiger partial charge < -0.3 is 21.7 Å². The van der Waals surface area contributed by atoms with Crippen molar-refractivity contribution in [3.8, 4) is 0 Å². The lowest BCUT2D eigenvalue weighted by Crippen LogP contribution is -2.61. The van der Waals surface area contributed by atoms with E-state index in [4.69, 9.17) is 5.73 Å². The van der Waals surface area contributed by atoms with Gasteiger partial charge in [-0.1, -0.05) is 103 Å². The van der Waals surface area contributed by atoms with E-state index in [9.17, 15) is 42.0 Å². The minimum absolute atomic E-state index is 0.0132. The predicted octanol–water partition coefficient (Wildman–Crippen LogP) is 2.26. The molecule has 1 aromatic carbocycles. The first-order chi connectivity index (χ1) is 27.5. The fourth-order valence-corrected chi connectivity index (χ4v) is 7.69. The van der Waals surface area contributed by atoms with Gasteiger partial charge in [0.25, 0.3) is 11.8 Å². The molecular weight excluding hydrogens is 769 g/mol. The summed E-state index contributed by atoms with van der Waals surface area (Å²) >= 11 is 0. The molecule has 0 saturated heterocycles. The monoisotopic (exact) mass is 826 g/mol. The predicted molar refractivity (Wildman–Crippen MR) is 214 cm³/mol. The average Bonchev–Trinajstić information content (AvgIpc) is 3.19. The molecule has 1 aromatic heterocycles. The lowest BCUT2D eigenvalue weighted by atomic mass is 9.84. The molecular formula is C40H58N8O9S. The largest absolute Gasteiger partial charge is 0.342 e. The molecule has 1 heterocycles. The maximum atomic E-state index is 14.5. The Kier molecular flexibility index (Phi) is 18.5. The summed E-state index contributed by atoms with van der Waals surface area (Å²) in [5, 5.41) is 8.08. The van der Waals surface area contributed by atoms with Crippen molar-refractivity contribution in [1.82, 2.24) is 35.5 Å². The highest BCUT2D eigenvalue weighted by atomic mass is 32.2. The number of carbonyl (C=O) groups is 7. The van der Waals surface area contributed by atoms with Crippen LogP contribution in [0.25, 0.3) is 0 Å². The molecule has 7 amide bonds. The zero-order chi connectivity index (χ0) is 43.0. The highest BCUT2D eigenvalue weighted by Gasteiger charge is 2.41. The molecule has 318 valence electrons. The Bertz CT molecular complexity index is 1840. The number of nitrogens with two attached hydrogens (primary N) is 1. The highest BCUT2D eigenvalue weighted by molar-refractivity contribution is 7.89. The number of aromatic nitrogens is 2. The minimum Gasteiger partial charge on any atom is -0.342 e. The van der Waals surface area contributed by atoms with Gasteiger partial charge in [-0.05, 0) is 42.6 Å². The van der Waals surface area contributed by atoms with Gasteiger partial charge in [0.05, 0.1) is 11.9 Å². The van der Waals surface area contributed by atoms with Crippen LogP contribution in [-0.2, 0) is 44.5 Å². The van der Waals surface area contributed by atoms with Crippen LogP contribution >= 0.6 is 0 Å². The first kappa shape index (κ1) is 47.3. The molecule has 18 heteroatoms. The van der Waals surface area contributed by atoms with E-state index in [2.05, 4.69) is 25.9 Å². The summed E-state index contributed by atoms with van der Waals surface area (Å²) in [6, 6.07) is 3.18. The first-order valence-corrected chi connectivity index (χ1v) is 21.5. The van der Waals surface area contributed by atoms with Crippen molar-refractivity contribution in [3.05, 3.63) is 60.2 Å². The molecule has 3 rings (SSSR count). The fraction of sp³-hybridized carbons (Fsp3) is 0.575. The molecule has 58 heavy (non-hydrogen) atoms. The molecule has 1 fully saturated rings. The van der Waals surface area contributed by atoms with Gasteiger partial charge in [0.15, 0.2) is 0 Å². The smallest absolute Gasteiger partial charge is 0.326 e. The fourth-order valence-electron chi connectivity index (χ4n) is 6.61. The van der Waals surface area contributed by atoms with Crippen molar-refractivity contribution in [1.29, 1.82) is 0 Å². The molecule has 1 aliphatic rings. The third kappa shape index (κ3) is 14.7. The summed E-state index contributed by atoms with van der Waals surface area (Å²) in [5.41, 5.74) is 6.33. The Morgan fingerprint density at radius 3 is 2.12 bits per heavy atom. The van der Waals surface area contributed by atoms with E-state index in [0.717, 1.165) is 19.3 Å². The summed E-state index contributed by atoms with van der Waals surface area (Å²) < 4.78 is 27.5. The number of nitrogens with one attached hydrogen (secondary N) is 4. The third-order valence-electron chi connectivity index (χ3n) is 10.1. The number of hydrogen-bond donors (Lipinski definition) is 5. The van der Waals surface area contributed by atoms with E-state index in [-0.39, 0.29) is 41.7 Å². The van der Waals surface area contributed by atoms with Crippen molar-refractivity contribution < 1.29 is 42.0 Å². The second-order valence-electron chi connectivity index (χ2n) is 15.3. The molecule has 6 N–H and O–H groups in total. The minimum atomic E-state index is -4.46. The van der Waals surface area contributed by atoms with Crippen LogP contribution in [0.1, 0.15) is 115 Å². The van der Waals surface area contributed by atoms with Crippen LogP contribution in [0, 0.1) is 17.8 Å². The first-order valence-electron chi connectivity index (χ1n) is 19.9. The van der Waals surface area contributed by atoms with Crippen LogP contribution in [0.15, 0.2) is 48.9 Å². The maximum absolute atomic E-state index is 14.5. The van der Waals surface area contributed by atoms with E-state index in [1.165, 1.54) is 30.7 Å². The van der Waals surface area contributed by atoms with Crippen LogP contribution in [0.4, 0.5) is 0 Å². The van der Waals surface area contributed by atoms with Gasteiger partial charge in [-0.15, -0.1) is 0 Å². The van der Waals surface area contributed by atoms with Crippen LogP contribution in [0.2, 0.25) is 0 Å². The van der Waals surface area contributed by atoms with Gasteiger partial charge in [0.2, 0.25) is 27.7 Å². The Labute approximate surface area is 340 Å². The number of rotatable bonds is 19. The number of amides is 7. The number of carbonyl (C=O) groups excluding carboxylic acids is 7. The third-order valence-corrected chi connectivity index (χ3v) is 11.3. The van der Waals surface area contributed by atoms with Crippen molar-refractivity contribution in [2.24, 2.45) is 23.5 Å². The van der Waals surface area contributed by atoms with Crippen LogP contribution in [0.5, 0.6) is 0 Å². The van der Waals surface area contributed by atoms with Crippen molar-refractivity contribution >= 4 is 51.4 Å². The standard InChI is InChI=1S/C40H58N8O9S/c1-6-26(5)34(46-35(50)30(20-25(3)4)44-36(51)32-23-42-18-19-43-32)37(52)45-31(21-27-14-10-8-11-15-27)39(54)48(33(49)22-29(41)7-2)40(55)38(53)47-58(56,57)24-28-16-12-9-13-17-28/h9,12-13,16-19,23,25-27,29-31,34H,6-8,10-11,14-15,20-22,24,41H2,1-5H3,(H,44,51)(H,45,52)(H,46,50)(H,47,53)/t26-,29?,30-,31-,34-/m0/s1. The molecule has 5 atom stereocenters. The number of benzene rings is 1. The van der Waals surface area contributed by atoms with Crippen molar-refractivity contribution in [3.63, 3.8) is 0 Å². The number of imide groups is 3. The molecule has 0 radical (unpaired) electrons. The molecule has 2 aromatic rings. The van der Waals surface area contributed by atoms with Gasteiger partial charge >= 0.3 is 11.8 Å². The Morgan fingerprint density at radius 1 is 0.862 bits per heavy atom. The molecule has 0 bridgehead atoms. The van der Waals surface area contributed by atoms with Gasteiger partial charge in [0, 0.05) is 24.9 Å². The normalized spacial score (nSPS) is 15.8. The molecule has 0 aliphatic heterocycles. The molecule has 1 aliphatic carbocycles. The number of hydrogen-bond acceptors (Lipinski definition) is 12. The molecule has 1 saturated carbocycles. The van der Waals surface area contributed by atoms with E-state index in [0.29, 0.717) is 24.8 Å². The van der Waals surface area contributed by atoms with Gasteiger partial charge in [-0.3, -0.25) is 38.5 Å². The molecule has 0 spiro atoms. The second kappa shape index (κ2) is 22.7. The van der Waals surface area contributed by atoms with Crippen LogP contribution < -0.4 is 26.4 Å². The topological polar surface area (TPSA) is 257 Å². The second-order valence-corrected chi connectivity index (χ2v) is 17.1. The lowest BCUT2D eigenvalue weighted by molar-refractivity contribution is -0.160. The van der Waals surface area contributed by atoms with Crippen molar-refractivity contribution in [2.45, 2.75) is 129 Å². The van der Waals surface area contributed by atoms with Gasteiger partial charge in [0.1, 0.15) is 23.8 Å². The van der Waals surface area contributed by atoms with Crippen LogP contribution in [0.3, 0.4) is 0 Å². The van der Waals surface area contributed by atoms with Gasteiger partial charge in [-0.2, -0.15) is 0 Å². The highest BCUT2D eigenvalue weighted by Crippen LogP contribution is 2.28. The zero-order valence-corrected chi connectivity index (χ0v) is 34.8. The van der Waals surface area contributed by atoms with E-state index >= 15 is 0 Å². The number of sulfonamides is 1. The van der Waals surface area contributed by atoms with Gasteiger partial charge in [-0.25, -0.2) is 23.0 Å². The Morgan fingerprint density at radius 2 is 1.53 bits per heavy atom. The van der Waals surface area contributed by atoms with Crippen LogP contribution in [-0.4, -0.2) is 88.8 Å². The summed E-state index contributed by atoms with van der Waals surface area (Å²) in [6.07, 6.45) is 8.34.